The van der Waals surface area contributed by atoms with Gasteiger partial charge in [-0.25, -0.2) is 27.5 Å². The zero-order valence-electron chi connectivity index (χ0n) is 8.96. The number of halogens is 5. The van der Waals surface area contributed by atoms with E-state index in [1.807, 2.05) is 0 Å². The predicted molar refractivity (Wildman–Crippen MR) is 56.1 cm³/mol. The minimum absolute atomic E-state index is 0.163. The Bertz CT molecular complexity index is 482. The van der Waals surface area contributed by atoms with Crippen molar-refractivity contribution in [2.45, 2.75) is 12.3 Å². The number of hydrogen-bond donors (Lipinski definition) is 0. The van der Waals surface area contributed by atoms with Gasteiger partial charge in [-0.1, -0.05) is 11.6 Å². The van der Waals surface area contributed by atoms with Crippen LogP contribution in [-0.2, 0) is 0 Å². The third-order valence-electron chi connectivity index (χ3n) is 3.47. The van der Waals surface area contributed by atoms with E-state index in [1.165, 1.54) is 0 Å². The van der Waals surface area contributed by atoms with Crippen molar-refractivity contribution in [1.82, 2.24) is 9.97 Å². The number of alkyl halides is 4. The standard InChI is InChI=1S/C10H8ClF4N3/c11-8-7(9(12)13)16-1-6(17-8)18-2-4-5(3-18)10(4,14)15/h1,4-5,9H,2-3H2. The van der Waals surface area contributed by atoms with Crippen LogP contribution in [-0.4, -0.2) is 29.0 Å². The largest absolute Gasteiger partial charge is 0.354 e. The van der Waals surface area contributed by atoms with Crippen LogP contribution >= 0.6 is 11.6 Å². The first-order chi connectivity index (χ1) is 8.41. The Hall–Kier alpha value is -1.11. The fourth-order valence-electron chi connectivity index (χ4n) is 2.36. The first-order valence-corrected chi connectivity index (χ1v) is 5.72. The summed E-state index contributed by atoms with van der Waals surface area (Å²) < 4.78 is 50.8. The Morgan fingerprint density at radius 3 is 2.44 bits per heavy atom. The Kier molecular flexibility index (Phi) is 2.45. The Morgan fingerprint density at radius 1 is 1.33 bits per heavy atom. The molecule has 8 heteroatoms. The molecule has 1 saturated carbocycles. The van der Waals surface area contributed by atoms with Gasteiger partial charge in [0.05, 0.1) is 18.0 Å². The molecule has 2 unspecified atom stereocenters. The van der Waals surface area contributed by atoms with Gasteiger partial charge in [-0.2, -0.15) is 0 Å². The van der Waals surface area contributed by atoms with Crippen molar-refractivity contribution in [3.8, 4) is 0 Å². The number of aromatic nitrogens is 2. The van der Waals surface area contributed by atoms with Crippen molar-refractivity contribution in [3.63, 3.8) is 0 Å². The van der Waals surface area contributed by atoms with Gasteiger partial charge in [0.15, 0.2) is 5.15 Å². The highest BCUT2D eigenvalue weighted by Crippen LogP contribution is 2.59. The molecule has 1 saturated heterocycles. The molecule has 2 fully saturated rings. The maximum atomic E-state index is 13.0. The molecule has 0 N–H and O–H groups in total. The van der Waals surface area contributed by atoms with Gasteiger partial charge in [-0.3, -0.25) is 0 Å². The molecular formula is C10H8ClF4N3. The molecule has 1 aliphatic carbocycles. The van der Waals surface area contributed by atoms with Crippen molar-refractivity contribution < 1.29 is 17.6 Å². The number of rotatable bonds is 2. The maximum Gasteiger partial charge on any atom is 0.283 e. The third kappa shape index (κ3) is 1.64. The molecule has 3 rings (SSSR count). The van der Waals surface area contributed by atoms with E-state index in [-0.39, 0.29) is 24.1 Å². The van der Waals surface area contributed by atoms with Gasteiger partial charge in [0, 0.05) is 13.1 Å². The van der Waals surface area contributed by atoms with Gasteiger partial charge in [0.25, 0.3) is 12.3 Å². The second-order valence-electron chi connectivity index (χ2n) is 4.50. The minimum atomic E-state index is -2.80. The summed E-state index contributed by atoms with van der Waals surface area (Å²) in [6, 6.07) is 0. The van der Waals surface area contributed by atoms with Crippen molar-refractivity contribution >= 4 is 17.4 Å². The third-order valence-corrected chi connectivity index (χ3v) is 3.75. The fraction of sp³-hybridized carbons (Fsp3) is 0.600. The quantitative estimate of drug-likeness (QED) is 0.781. The molecule has 2 heterocycles. The summed E-state index contributed by atoms with van der Waals surface area (Å²) in [7, 11) is 0. The summed E-state index contributed by atoms with van der Waals surface area (Å²) in [5, 5.41) is -0.380. The van der Waals surface area contributed by atoms with Crippen molar-refractivity contribution in [2.24, 2.45) is 11.8 Å². The summed E-state index contributed by atoms with van der Waals surface area (Å²) in [6.45, 7) is 0.327. The number of nitrogens with zero attached hydrogens (tertiary/aromatic N) is 3. The molecular weight excluding hydrogens is 274 g/mol. The van der Waals surface area contributed by atoms with Gasteiger partial charge in [-0.05, 0) is 0 Å². The van der Waals surface area contributed by atoms with Crippen LogP contribution < -0.4 is 4.90 Å². The minimum Gasteiger partial charge on any atom is -0.354 e. The lowest BCUT2D eigenvalue weighted by Crippen LogP contribution is -2.28. The van der Waals surface area contributed by atoms with Gasteiger partial charge < -0.3 is 4.90 Å². The molecule has 2 atom stereocenters. The normalized spacial score (nSPS) is 28.7. The van der Waals surface area contributed by atoms with E-state index in [0.717, 1.165) is 6.20 Å². The Labute approximate surface area is 105 Å². The molecule has 0 aromatic carbocycles. The van der Waals surface area contributed by atoms with E-state index in [9.17, 15) is 17.6 Å². The summed E-state index contributed by atoms with van der Waals surface area (Å²) in [6.07, 6.45) is -1.65. The highest BCUT2D eigenvalue weighted by atomic mass is 35.5. The lowest BCUT2D eigenvalue weighted by atomic mass is 10.4. The molecule has 0 amide bonds. The fourth-order valence-corrected chi connectivity index (χ4v) is 2.58. The molecule has 98 valence electrons. The van der Waals surface area contributed by atoms with Crippen LogP contribution in [0.2, 0.25) is 5.15 Å². The van der Waals surface area contributed by atoms with Crippen LogP contribution in [0.4, 0.5) is 23.4 Å². The SMILES string of the molecule is FC(F)c1ncc(N2CC3C(C2)C3(F)F)nc1Cl. The first kappa shape index (κ1) is 12.0. The summed E-state index contributed by atoms with van der Waals surface area (Å²) in [4.78, 5) is 8.91. The van der Waals surface area contributed by atoms with Crippen LogP contribution in [0.25, 0.3) is 0 Å². The summed E-state index contributed by atoms with van der Waals surface area (Å²) >= 11 is 5.58. The van der Waals surface area contributed by atoms with E-state index >= 15 is 0 Å². The zero-order valence-corrected chi connectivity index (χ0v) is 9.71. The monoisotopic (exact) mass is 281 g/mol. The van der Waals surface area contributed by atoms with Gasteiger partial charge in [0.2, 0.25) is 0 Å². The van der Waals surface area contributed by atoms with E-state index in [1.54, 1.807) is 4.90 Å². The summed E-state index contributed by atoms with van der Waals surface area (Å²) in [5.74, 6) is -3.63. The molecule has 1 aliphatic heterocycles. The topological polar surface area (TPSA) is 29.0 Å². The predicted octanol–water partition coefficient (Wildman–Crippen LogP) is 2.77. The molecule has 1 aromatic rings. The molecule has 1 aromatic heterocycles. The van der Waals surface area contributed by atoms with Crippen LogP contribution in [0.5, 0.6) is 0 Å². The molecule has 0 radical (unpaired) electrons. The number of anilines is 1. The number of hydrogen-bond acceptors (Lipinski definition) is 3. The van der Waals surface area contributed by atoms with Gasteiger partial charge >= 0.3 is 0 Å². The average Bonchev–Trinajstić information content (AvgIpc) is 2.67. The zero-order chi connectivity index (χ0) is 13.1. The maximum absolute atomic E-state index is 13.0. The smallest absolute Gasteiger partial charge is 0.283 e. The number of fused-ring (bicyclic) bond motifs is 1. The van der Waals surface area contributed by atoms with Crippen LogP contribution in [0, 0.1) is 11.8 Å². The second kappa shape index (κ2) is 3.69. The van der Waals surface area contributed by atoms with Gasteiger partial charge in [-0.15, -0.1) is 0 Å². The number of piperidine rings is 1. The molecule has 0 bridgehead atoms. The van der Waals surface area contributed by atoms with Crippen molar-refractivity contribution in [3.05, 3.63) is 17.0 Å². The Morgan fingerprint density at radius 2 is 1.94 bits per heavy atom. The lowest BCUT2D eigenvalue weighted by molar-refractivity contribution is 0.0797. The van der Waals surface area contributed by atoms with E-state index in [4.69, 9.17) is 11.6 Å². The van der Waals surface area contributed by atoms with Gasteiger partial charge in [0.1, 0.15) is 11.5 Å². The molecule has 18 heavy (non-hydrogen) atoms. The van der Waals surface area contributed by atoms with Crippen molar-refractivity contribution in [2.75, 3.05) is 18.0 Å². The second-order valence-corrected chi connectivity index (χ2v) is 4.86. The van der Waals surface area contributed by atoms with E-state index in [2.05, 4.69) is 9.97 Å². The van der Waals surface area contributed by atoms with Crippen molar-refractivity contribution in [1.29, 1.82) is 0 Å². The summed E-state index contributed by atoms with van der Waals surface area (Å²) in [5.41, 5.74) is -0.588. The highest BCUT2D eigenvalue weighted by Gasteiger charge is 2.71. The lowest BCUT2D eigenvalue weighted by Gasteiger charge is -2.20. The van der Waals surface area contributed by atoms with Crippen LogP contribution in [0.1, 0.15) is 12.1 Å². The molecule has 3 nitrogen and oxygen atoms in total. The molecule has 2 aliphatic rings. The van der Waals surface area contributed by atoms with Crippen LogP contribution in [0.3, 0.4) is 0 Å². The van der Waals surface area contributed by atoms with E-state index < -0.39 is 29.9 Å². The average molecular weight is 282 g/mol. The highest BCUT2D eigenvalue weighted by molar-refractivity contribution is 6.30. The molecule has 0 spiro atoms. The van der Waals surface area contributed by atoms with E-state index in [0.29, 0.717) is 0 Å². The van der Waals surface area contributed by atoms with Crippen LogP contribution in [0.15, 0.2) is 6.20 Å². The first-order valence-electron chi connectivity index (χ1n) is 5.34. The Balaban J connectivity index is 1.77.